The fourth-order valence-corrected chi connectivity index (χ4v) is 0.204. The average Bonchev–Trinajstić information content (AvgIpc) is 1.90. The van der Waals surface area contributed by atoms with Crippen LogP contribution in [0.25, 0.3) is 0 Å². The van der Waals surface area contributed by atoms with Gasteiger partial charge < -0.3 is 4.74 Å². The van der Waals surface area contributed by atoms with Crippen LogP contribution >= 0.6 is 0 Å². The van der Waals surface area contributed by atoms with Gasteiger partial charge in [0.2, 0.25) is 10.0 Å². The number of hydrogen-bond acceptors (Lipinski definition) is 3. The van der Waals surface area contributed by atoms with Gasteiger partial charge in [-0.25, -0.2) is 13.1 Å². The molecule has 0 spiro atoms. The molecule has 0 aromatic carbocycles. The van der Waals surface area contributed by atoms with Crippen LogP contribution in [-0.2, 0) is 14.8 Å². The molecule has 0 atom stereocenters. The zero-order chi connectivity index (χ0) is 9.33. The van der Waals surface area contributed by atoms with Gasteiger partial charge in [0.1, 0.15) is 0 Å². The molecule has 4 nitrogen and oxygen atoms in total. The molecule has 0 bridgehead atoms. The van der Waals surface area contributed by atoms with Crippen LogP contribution in [0.2, 0.25) is 0 Å². The first-order chi connectivity index (χ1) is 4.97. The van der Waals surface area contributed by atoms with Crippen molar-refractivity contribution >= 4 is 10.0 Å². The molecule has 0 unspecified atom stereocenters. The first kappa shape index (κ1) is 13.5. The predicted octanol–water partition coefficient (Wildman–Crippen LogP) is 0.208. The molecule has 0 amide bonds. The SMILES string of the molecule is CCOCC.CNS(C)(=O)=O. The van der Waals surface area contributed by atoms with E-state index >= 15 is 0 Å². The Labute approximate surface area is 69.0 Å². The fourth-order valence-electron chi connectivity index (χ4n) is 0.204. The van der Waals surface area contributed by atoms with E-state index in [1.54, 1.807) is 0 Å². The fraction of sp³-hybridized carbons (Fsp3) is 1.00. The van der Waals surface area contributed by atoms with Crippen molar-refractivity contribution in [3.05, 3.63) is 0 Å². The Morgan fingerprint density at radius 1 is 1.27 bits per heavy atom. The van der Waals surface area contributed by atoms with Crippen LogP contribution < -0.4 is 4.72 Å². The Morgan fingerprint density at radius 3 is 1.55 bits per heavy atom. The van der Waals surface area contributed by atoms with Crippen molar-refractivity contribution in [2.75, 3.05) is 26.5 Å². The highest BCUT2D eigenvalue weighted by Crippen LogP contribution is 1.64. The van der Waals surface area contributed by atoms with E-state index in [9.17, 15) is 8.42 Å². The van der Waals surface area contributed by atoms with E-state index in [-0.39, 0.29) is 0 Å². The summed E-state index contributed by atoms with van der Waals surface area (Å²) in [6.45, 7) is 5.67. The van der Waals surface area contributed by atoms with Crippen LogP contribution in [0.4, 0.5) is 0 Å². The highest BCUT2D eigenvalue weighted by atomic mass is 32.2. The van der Waals surface area contributed by atoms with Gasteiger partial charge in [-0.1, -0.05) is 0 Å². The zero-order valence-electron chi connectivity index (χ0n) is 7.55. The lowest BCUT2D eigenvalue weighted by Gasteiger charge is -1.86. The molecule has 0 aliphatic carbocycles. The Morgan fingerprint density at radius 2 is 1.55 bits per heavy atom. The standard InChI is InChI=1S/C4H10O.C2H7NO2S/c1-3-5-4-2;1-3-6(2,4)5/h3-4H2,1-2H3;3H,1-2H3. The second kappa shape index (κ2) is 7.97. The minimum absolute atomic E-state index is 0.844. The number of nitrogens with one attached hydrogen (secondary N) is 1. The van der Waals surface area contributed by atoms with E-state index in [4.69, 9.17) is 4.74 Å². The van der Waals surface area contributed by atoms with Gasteiger partial charge in [-0.05, 0) is 20.9 Å². The third kappa shape index (κ3) is 25.8. The van der Waals surface area contributed by atoms with E-state index in [0.29, 0.717) is 0 Å². The average molecular weight is 183 g/mol. The van der Waals surface area contributed by atoms with E-state index < -0.39 is 10.0 Å². The first-order valence-corrected chi connectivity index (χ1v) is 5.33. The van der Waals surface area contributed by atoms with Gasteiger partial charge in [-0.2, -0.15) is 0 Å². The van der Waals surface area contributed by atoms with Crippen molar-refractivity contribution in [1.29, 1.82) is 0 Å². The molecular weight excluding hydrogens is 166 g/mol. The molecule has 70 valence electrons. The monoisotopic (exact) mass is 183 g/mol. The minimum Gasteiger partial charge on any atom is -0.382 e. The normalized spacial score (nSPS) is 10.2. The molecule has 1 N–H and O–H groups in total. The summed E-state index contributed by atoms with van der Waals surface area (Å²) in [5.74, 6) is 0. The van der Waals surface area contributed by atoms with Crippen molar-refractivity contribution in [2.45, 2.75) is 13.8 Å². The molecule has 0 saturated carbocycles. The topological polar surface area (TPSA) is 55.4 Å². The van der Waals surface area contributed by atoms with Crippen molar-refractivity contribution in [3.8, 4) is 0 Å². The van der Waals surface area contributed by atoms with Crippen LogP contribution in [0.1, 0.15) is 13.8 Å². The lowest BCUT2D eigenvalue weighted by Crippen LogP contribution is -2.15. The number of sulfonamides is 1. The van der Waals surface area contributed by atoms with E-state index in [2.05, 4.69) is 4.72 Å². The minimum atomic E-state index is -2.91. The molecule has 0 aliphatic rings. The summed E-state index contributed by atoms with van der Waals surface area (Å²) in [5, 5.41) is 0. The Hall–Kier alpha value is -0.130. The third-order valence-electron chi connectivity index (χ3n) is 0.779. The van der Waals surface area contributed by atoms with Crippen molar-refractivity contribution in [3.63, 3.8) is 0 Å². The zero-order valence-corrected chi connectivity index (χ0v) is 8.36. The maximum atomic E-state index is 9.89. The lowest BCUT2D eigenvalue weighted by molar-refractivity contribution is 0.162. The van der Waals surface area contributed by atoms with Crippen LogP contribution in [-0.4, -0.2) is 34.9 Å². The van der Waals surface area contributed by atoms with Gasteiger partial charge in [-0.15, -0.1) is 0 Å². The van der Waals surface area contributed by atoms with E-state index in [1.165, 1.54) is 7.05 Å². The van der Waals surface area contributed by atoms with Crippen LogP contribution in [0, 0.1) is 0 Å². The summed E-state index contributed by atoms with van der Waals surface area (Å²) in [7, 11) is -1.54. The van der Waals surface area contributed by atoms with Crippen molar-refractivity contribution < 1.29 is 13.2 Å². The largest absolute Gasteiger partial charge is 0.382 e. The molecule has 0 rings (SSSR count). The van der Waals surface area contributed by atoms with Gasteiger partial charge in [0.05, 0.1) is 6.26 Å². The molecule has 0 saturated heterocycles. The molecule has 0 radical (unpaired) electrons. The Bertz CT molecular complexity index is 151. The summed E-state index contributed by atoms with van der Waals surface area (Å²) in [6, 6.07) is 0. The number of ether oxygens (including phenoxy) is 1. The van der Waals surface area contributed by atoms with Gasteiger partial charge in [-0.3, -0.25) is 0 Å². The molecule has 0 aliphatic heterocycles. The predicted molar refractivity (Wildman–Crippen MR) is 46.1 cm³/mol. The maximum Gasteiger partial charge on any atom is 0.208 e. The van der Waals surface area contributed by atoms with Crippen molar-refractivity contribution in [2.24, 2.45) is 0 Å². The summed E-state index contributed by atoms with van der Waals surface area (Å²) in [6.07, 6.45) is 1.10. The van der Waals surface area contributed by atoms with E-state index in [0.717, 1.165) is 19.5 Å². The van der Waals surface area contributed by atoms with Gasteiger partial charge in [0.15, 0.2) is 0 Å². The first-order valence-electron chi connectivity index (χ1n) is 3.44. The Kier molecular flexibility index (Phi) is 9.75. The number of rotatable bonds is 3. The van der Waals surface area contributed by atoms with Gasteiger partial charge in [0.25, 0.3) is 0 Å². The van der Waals surface area contributed by atoms with E-state index in [1.807, 2.05) is 13.8 Å². The van der Waals surface area contributed by atoms with Gasteiger partial charge in [0, 0.05) is 13.2 Å². The molecular formula is C6H17NO3S. The molecule has 0 aromatic rings. The maximum absolute atomic E-state index is 9.89. The van der Waals surface area contributed by atoms with Crippen LogP contribution in [0.3, 0.4) is 0 Å². The summed E-state index contributed by atoms with van der Waals surface area (Å²) < 4.78 is 26.7. The molecule has 0 aromatic heterocycles. The second-order valence-electron chi connectivity index (χ2n) is 1.76. The van der Waals surface area contributed by atoms with Crippen molar-refractivity contribution in [1.82, 2.24) is 4.72 Å². The highest BCUT2D eigenvalue weighted by Gasteiger charge is 1.88. The van der Waals surface area contributed by atoms with Crippen LogP contribution in [0.5, 0.6) is 0 Å². The molecule has 0 heterocycles. The third-order valence-corrected chi connectivity index (χ3v) is 1.52. The van der Waals surface area contributed by atoms with Crippen LogP contribution in [0.15, 0.2) is 0 Å². The second-order valence-corrected chi connectivity index (χ2v) is 3.71. The Balaban J connectivity index is 0. The van der Waals surface area contributed by atoms with Gasteiger partial charge >= 0.3 is 0 Å². The highest BCUT2D eigenvalue weighted by molar-refractivity contribution is 7.88. The smallest absolute Gasteiger partial charge is 0.208 e. The lowest BCUT2D eigenvalue weighted by atomic mass is 10.8. The number of hydrogen-bond donors (Lipinski definition) is 1. The molecule has 0 fully saturated rings. The quantitative estimate of drug-likeness (QED) is 0.680. The summed E-state index contributed by atoms with van der Waals surface area (Å²) in [4.78, 5) is 0. The summed E-state index contributed by atoms with van der Waals surface area (Å²) >= 11 is 0. The molecule has 11 heavy (non-hydrogen) atoms. The summed E-state index contributed by atoms with van der Waals surface area (Å²) in [5.41, 5.74) is 0. The molecule has 5 heteroatoms.